The molecule has 7 heteroatoms. The largest absolute Gasteiger partial charge is 0.481 e. The molecule has 0 radical (unpaired) electrons. The topological polar surface area (TPSA) is 40.5 Å². The van der Waals surface area contributed by atoms with Crippen molar-refractivity contribution in [3.8, 4) is 0 Å². The lowest BCUT2D eigenvalue weighted by Crippen LogP contribution is -2.37. The summed E-state index contributed by atoms with van der Waals surface area (Å²) in [6.45, 7) is 0.630. The van der Waals surface area contributed by atoms with Crippen molar-refractivity contribution in [3.63, 3.8) is 0 Å². The molecule has 0 unspecified atom stereocenters. The molecule has 2 aromatic carbocycles. The van der Waals surface area contributed by atoms with Crippen LogP contribution in [0.15, 0.2) is 48.5 Å². The van der Waals surface area contributed by atoms with Gasteiger partial charge in [-0.15, -0.1) is 0 Å². The van der Waals surface area contributed by atoms with Gasteiger partial charge in [0, 0.05) is 23.7 Å². The van der Waals surface area contributed by atoms with Crippen molar-refractivity contribution < 1.29 is 23.1 Å². The standard InChI is InChI=1S/C20H19ClF3NO2/c21-16-5-7-17(8-6-16)25-10-9-13(12-19(26)27)11-18(25)14-1-3-15(4-2-14)20(22,23)24/h1-8,13,18H,9-12H2,(H,26,27)/t13-,18+/m0/s1. The van der Waals surface area contributed by atoms with Crippen LogP contribution in [0.4, 0.5) is 18.9 Å². The van der Waals surface area contributed by atoms with Crippen molar-refractivity contribution in [2.45, 2.75) is 31.5 Å². The first kappa shape index (κ1) is 19.5. The lowest BCUT2D eigenvalue weighted by atomic mass is 9.84. The molecular weight excluding hydrogens is 379 g/mol. The number of piperidine rings is 1. The van der Waals surface area contributed by atoms with Crippen molar-refractivity contribution in [2.75, 3.05) is 11.4 Å². The first-order valence-corrected chi connectivity index (χ1v) is 9.03. The molecule has 3 rings (SSSR count). The Balaban J connectivity index is 1.91. The zero-order valence-electron chi connectivity index (χ0n) is 14.4. The number of rotatable bonds is 4. The van der Waals surface area contributed by atoms with Crippen LogP contribution in [-0.2, 0) is 11.0 Å². The summed E-state index contributed by atoms with van der Waals surface area (Å²) in [7, 11) is 0. The normalized spacial score (nSPS) is 20.5. The number of aliphatic carboxylic acids is 1. The maximum absolute atomic E-state index is 12.9. The molecule has 3 nitrogen and oxygen atoms in total. The van der Waals surface area contributed by atoms with Gasteiger partial charge in [0.05, 0.1) is 11.6 Å². The molecule has 0 bridgehead atoms. The number of carboxylic acids is 1. The summed E-state index contributed by atoms with van der Waals surface area (Å²) in [6, 6.07) is 12.2. The fraction of sp³-hybridized carbons (Fsp3) is 0.350. The molecule has 27 heavy (non-hydrogen) atoms. The van der Waals surface area contributed by atoms with Crippen LogP contribution in [0.5, 0.6) is 0 Å². The van der Waals surface area contributed by atoms with Gasteiger partial charge in [-0.2, -0.15) is 13.2 Å². The van der Waals surface area contributed by atoms with E-state index in [1.165, 1.54) is 12.1 Å². The van der Waals surface area contributed by atoms with Crippen LogP contribution in [-0.4, -0.2) is 17.6 Å². The molecule has 0 spiro atoms. The molecule has 144 valence electrons. The van der Waals surface area contributed by atoms with Gasteiger partial charge in [-0.25, -0.2) is 0 Å². The van der Waals surface area contributed by atoms with Crippen LogP contribution in [0, 0.1) is 5.92 Å². The van der Waals surface area contributed by atoms with Crippen molar-refractivity contribution in [1.29, 1.82) is 0 Å². The summed E-state index contributed by atoms with van der Waals surface area (Å²) in [5.41, 5.74) is 0.966. The van der Waals surface area contributed by atoms with Crippen LogP contribution < -0.4 is 4.90 Å². The average Bonchev–Trinajstić information content (AvgIpc) is 2.61. The predicted molar refractivity (Wildman–Crippen MR) is 98.0 cm³/mol. The second-order valence-electron chi connectivity index (χ2n) is 6.79. The van der Waals surface area contributed by atoms with Crippen molar-refractivity contribution in [3.05, 3.63) is 64.7 Å². The summed E-state index contributed by atoms with van der Waals surface area (Å²) in [6.07, 6.45) is -3.04. The van der Waals surface area contributed by atoms with Gasteiger partial charge < -0.3 is 10.0 Å². The smallest absolute Gasteiger partial charge is 0.416 e. The number of carbonyl (C=O) groups is 1. The highest BCUT2D eigenvalue weighted by Gasteiger charge is 2.33. The van der Waals surface area contributed by atoms with Crippen molar-refractivity contribution in [2.24, 2.45) is 5.92 Å². The zero-order chi connectivity index (χ0) is 19.6. The van der Waals surface area contributed by atoms with Gasteiger partial charge in [0.1, 0.15) is 0 Å². The average molecular weight is 398 g/mol. The summed E-state index contributed by atoms with van der Waals surface area (Å²) in [5, 5.41) is 9.71. The lowest BCUT2D eigenvalue weighted by Gasteiger charge is -2.41. The number of alkyl halides is 3. The molecule has 0 amide bonds. The third-order valence-electron chi connectivity index (χ3n) is 4.96. The Labute approximate surface area is 160 Å². The molecule has 1 aliphatic rings. The first-order valence-electron chi connectivity index (χ1n) is 8.65. The lowest BCUT2D eigenvalue weighted by molar-refractivity contribution is -0.139. The Hall–Kier alpha value is -2.21. The van der Waals surface area contributed by atoms with E-state index in [0.29, 0.717) is 24.4 Å². The monoisotopic (exact) mass is 397 g/mol. The number of benzene rings is 2. The molecule has 0 saturated carbocycles. The minimum Gasteiger partial charge on any atom is -0.481 e. The van der Waals surface area contributed by atoms with Crippen LogP contribution in [0.1, 0.15) is 36.4 Å². The van der Waals surface area contributed by atoms with Gasteiger partial charge in [0.15, 0.2) is 0 Å². The molecule has 2 atom stereocenters. The molecule has 1 fully saturated rings. The first-order chi connectivity index (χ1) is 12.7. The van der Waals surface area contributed by atoms with Crippen LogP contribution in [0.25, 0.3) is 0 Å². The second-order valence-corrected chi connectivity index (χ2v) is 7.23. The van der Waals surface area contributed by atoms with E-state index < -0.39 is 17.7 Å². The summed E-state index contributed by atoms with van der Waals surface area (Å²) in [5.74, 6) is -0.871. The maximum Gasteiger partial charge on any atom is 0.416 e. The highest BCUT2D eigenvalue weighted by molar-refractivity contribution is 6.30. The van der Waals surface area contributed by atoms with E-state index >= 15 is 0 Å². The fourth-order valence-electron chi connectivity index (χ4n) is 3.62. The van der Waals surface area contributed by atoms with Crippen LogP contribution in [0.2, 0.25) is 5.02 Å². The number of hydrogen-bond acceptors (Lipinski definition) is 2. The number of anilines is 1. The van der Waals surface area contributed by atoms with Gasteiger partial charge in [0.2, 0.25) is 0 Å². The van der Waals surface area contributed by atoms with Crippen molar-refractivity contribution in [1.82, 2.24) is 0 Å². The Kier molecular flexibility index (Phi) is 5.65. The van der Waals surface area contributed by atoms with Gasteiger partial charge >= 0.3 is 12.1 Å². The molecule has 2 aromatic rings. The van der Waals surface area contributed by atoms with E-state index in [2.05, 4.69) is 4.90 Å². The molecule has 0 aromatic heterocycles. The highest BCUT2D eigenvalue weighted by Crippen LogP contribution is 2.40. The summed E-state index contributed by atoms with van der Waals surface area (Å²) < 4.78 is 38.6. The maximum atomic E-state index is 12.9. The second kappa shape index (κ2) is 7.80. The third-order valence-corrected chi connectivity index (χ3v) is 5.21. The van der Waals surface area contributed by atoms with E-state index in [0.717, 1.165) is 23.4 Å². The van der Waals surface area contributed by atoms with E-state index in [4.69, 9.17) is 16.7 Å². The Bertz CT molecular complexity index is 790. The van der Waals surface area contributed by atoms with E-state index in [9.17, 15) is 18.0 Å². The van der Waals surface area contributed by atoms with E-state index in [1.807, 2.05) is 12.1 Å². The fourth-order valence-corrected chi connectivity index (χ4v) is 3.75. The van der Waals surface area contributed by atoms with Crippen LogP contribution in [0.3, 0.4) is 0 Å². The SMILES string of the molecule is O=C(O)C[C@H]1CCN(c2ccc(Cl)cc2)[C@@H](c2ccc(C(F)(F)F)cc2)C1. The van der Waals surface area contributed by atoms with Gasteiger partial charge in [-0.1, -0.05) is 23.7 Å². The molecule has 1 N–H and O–H groups in total. The molecule has 1 aliphatic heterocycles. The highest BCUT2D eigenvalue weighted by atomic mass is 35.5. The quantitative estimate of drug-likeness (QED) is 0.709. The molecule has 0 aliphatic carbocycles. The Morgan fingerprint density at radius 3 is 2.30 bits per heavy atom. The predicted octanol–water partition coefficient (Wildman–Crippen LogP) is 5.79. The van der Waals surface area contributed by atoms with Crippen molar-refractivity contribution >= 4 is 23.3 Å². The Morgan fingerprint density at radius 2 is 1.74 bits per heavy atom. The van der Waals surface area contributed by atoms with E-state index in [1.54, 1.807) is 12.1 Å². The summed E-state index contributed by atoms with van der Waals surface area (Å²) in [4.78, 5) is 13.2. The summed E-state index contributed by atoms with van der Waals surface area (Å²) >= 11 is 5.95. The zero-order valence-corrected chi connectivity index (χ0v) is 15.2. The molecular formula is C20H19ClF3NO2. The minimum absolute atomic E-state index is 0.0154. The van der Waals surface area contributed by atoms with Gasteiger partial charge in [-0.05, 0) is 60.7 Å². The number of nitrogens with zero attached hydrogens (tertiary/aromatic N) is 1. The molecule has 1 saturated heterocycles. The van der Waals surface area contributed by atoms with Gasteiger partial charge in [0.25, 0.3) is 0 Å². The Morgan fingerprint density at radius 1 is 1.11 bits per heavy atom. The third kappa shape index (κ3) is 4.75. The van der Waals surface area contributed by atoms with Gasteiger partial charge in [-0.3, -0.25) is 4.79 Å². The minimum atomic E-state index is -4.38. The number of carboxylic acid groups (broad SMARTS) is 1. The number of hydrogen-bond donors (Lipinski definition) is 1. The molecule has 1 heterocycles. The van der Waals surface area contributed by atoms with Crippen LogP contribution >= 0.6 is 11.6 Å². The number of halogens is 4. The van der Waals surface area contributed by atoms with E-state index in [-0.39, 0.29) is 18.4 Å².